The van der Waals surface area contributed by atoms with E-state index in [0.717, 1.165) is 48.3 Å². The number of carboxylic acids is 1. The van der Waals surface area contributed by atoms with Crippen LogP contribution in [-0.4, -0.2) is 38.7 Å². The molecular formula is C19H20N4O2. The Balaban J connectivity index is 1.87. The van der Waals surface area contributed by atoms with Gasteiger partial charge in [0, 0.05) is 13.1 Å². The first kappa shape index (κ1) is 15.6. The number of carbonyl (C=O) groups is 1. The highest BCUT2D eigenvalue weighted by Crippen LogP contribution is 2.29. The van der Waals surface area contributed by atoms with E-state index in [1.807, 2.05) is 31.2 Å². The maximum Gasteiger partial charge on any atom is 0.352 e. The van der Waals surface area contributed by atoms with Crippen LogP contribution in [0.3, 0.4) is 0 Å². The number of fused-ring (bicyclic) bond motifs is 1. The average molecular weight is 336 g/mol. The third kappa shape index (κ3) is 2.73. The minimum absolute atomic E-state index is 0.249. The lowest BCUT2D eigenvalue weighted by molar-refractivity contribution is 0.0686. The highest BCUT2D eigenvalue weighted by molar-refractivity contribution is 5.97. The second-order valence-electron chi connectivity index (χ2n) is 6.48. The van der Waals surface area contributed by atoms with Crippen molar-refractivity contribution in [2.45, 2.75) is 26.3 Å². The van der Waals surface area contributed by atoms with Gasteiger partial charge in [0.15, 0.2) is 0 Å². The van der Waals surface area contributed by atoms with Crippen LogP contribution in [0.5, 0.6) is 0 Å². The Morgan fingerprint density at radius 1 is 1.20 bits per heavy atom. The molecule has 3 heterocycles. The lowest BCUT2D eigenvalue weighted by Gasteiger charge is -2.17. The van der Waals surface area contributed by atoms with Crippen molar-refractivity contribution in [1.29, 1.82) is 0 Å². The van der Waals surface area contributed by atoms with E-state index in [1.54, 1.807) is 10.6 Å². The van der Waals surface area contributed by atoms with Gasteiger partial charge in [0.05, 0.1) is 11.9 Å². The van der Waals surface area contributed by atoms with Gasteiger partial charge in [-0.2, -0.15) is 0 Å². The van der Waals surface area contributed by atoms with E-state index < -0.39 is 5.97 Å². The van der Waals surface area contributed by atoms with Crippen LogP contribution in [0, 0.1) is 6.92 Å². The SMILES string of the molecule is Cc1ccccc1Cn1c(C(=O)O)cc2c(N3CCCC3)ncnc21. The lowest BCUT2D eigenvalue weighted by Crippen LogP contribution is -2.19. The minimum Gasteiger partial charge on any atom is -0.477 e. The van der Waals surface area contributed by atoms with E-state index in [1.165, 1.54) is 6.33 Å². The number of anilines is 1. The Kier molecular flexibility index (Phi) is 3.87. The summed E-state index contributed by atoms with van der Waals surface area (Å²) in [6, 6.07) is 9.72. The number of rotatable bonds is 4. The van der Waals surface area contributed by atoms with Gasteiger partial charge in [-0.05, 0) is 37.0 Å². The molecule has 1 aliphatic rings. The van der Waals surface area contributed by atoms with Crippen molar-refractivity contribution in [2.24, 2.45) is 0 Å². The molecule has 0 amide bonds. The summed E-state index contributed by atoms with van der Waals surface area (Å²) >= 11 is 0. The quantitative estimate of drug-likeness (QED) is 0.793. The average Bonchev–Trinajstić information content (AvgIpc) is 3.25. The Bertz CT molecular complexity index is 942. The molecule has 3 aromatic rings. The first-order valence-electron chi connectivity index (χ1n) is 8.52. The molecule has 0 saturated carbocycles. The summed E-state index contributed by atoms with van der Waals surface area (Å²) in [7, 11) is 0. The van der Waals surface area contributed by atoms with Crippen LogP contribution in [0.15, 0.2) is 36.7 Å². The number of hydrogen-bond acceptors (Lipinski definition) is 4. The standard InChI is InChI=1S/C19H20N4O2/c1-13-6-2-3-7-14(13)11-23-16(19(24)25)10-15-17(20-12-21-18(15)23)22-8-4-5-9-22/h2-3,6-7,10,12H,4-5,8-9,11H2,1H3,(H,24,25). The first-order valence-corrected chi connectivity index (χ1v) is 8.52. The molecule has 1 fully saturated rings. The van der Waals surface area contributed by atoms with E-state index in [0.29, 0.717) is 12.2 Å². The second kappa shape index (κ2) is 6.20. The van der Waals surface area contributed by atoms with Crippen LogP contribution in [-0.2, 0) is 6.54 Å². The molecule has 128 valence electrons. The summed E-state index contributed by atoms with van der Waals surface area (Å²) in [5.74, 6) is -0.104. The van der Waals surface area contributed by atoms with Gasteiger partial charge >= 0.3 is 5.97 Å². The second-order valence-corrected chi connectivity index (χ2v) is 6.48. The summed E-state index contributed by atoms with van der Waals surface area (Å²) < 4.78 is 1.78. The fourth-order valence-corrected chi connectivity index (χ4v) is 3.53. The first-order chi connectivity index (χ1) is 12.1. The van der Waals surface area contributed by atoms with Crippen molar-refractivity contribution in [3.05, 3.63) is 53.5 Å². The fourth-order valence-electron chi connectivity index (χ4n) is 3.53. The van der Waals surface area contributed by atoms with Gasteiger partial charge in [-0.3, -0.25) is 0 Å². The molecule has 0 bridgehead atoms. The topological polar surface area (TPSA) is 71.2 Å². The van der Waals surface area contributed by atoms with Crippen LogP contribution in [0.1, 0.15) is 34.5 Å². The predicted octanol–water partition coefficient (Wildman–Crippen LogP) is 3.09. The summed E-state index contributed by atoms with van der Waals surface area (Å²) in [6.07, 6.45) is 3.82. The summed E-state index contributed by atoms with van der Waals surface area (Å²) in [5, 5.41) is 10.5. The third-order valence-electron chi connectivity index (χ3n) is 4.88. The number of hydrogen-bond donors (Lipinski definition) is 1. The van der Waals surface area contributed by atoms with Gasteiger partial charge in [0.25, 0.3) is 0 Å². The normalized spacial score (nSPS) is 14.4. The molecule has 0 unspecified atom stereocenters. The molecule has 1 aromatic carbocycles. The summed E-state index contributed by atoms with van der Waals surface area (Å²) in [5.41, 5.74) is 3.15. The summed E-state index contributed by atoms with van der Waals surface area (Å²) in [6.45, 7) is 4.43. The van der Waals surface area contributed by atoms with Crippen LogP contribution >= 0.6 is 0 Å². The Hall–Kier alpha value is -2.89. The van der Waals surface area contributed by atoms with Crippen molar-refractivity contribution in [3.63, 3.8) is 0 Å². The smallest absolute Gasteiger partial charge is 0.352 e. The van der Waals surface area contributed by atoms with Gasteiger partial charge in [0.2, 0.25) is 0 Å². The molecule has 0 aliphatic carbocycles. The number of benzene rings is 1. The van der Waals surface area contributed by atoms with Gasteiger partial charge < -0.3 is 14.6 Å². The highest BCUT2D eigenvalue weighted by atomic mass is 16.4. The number of aryl methyl sites for hydroxylation is 1. The van der Waals surface area contributed by atoms with E-state index in [4.69, 9.17) is 0 Å². The maximum atomic E-state index is 11.8. The minimum atomic E-state index is -0.945. The molecular weight excluding hydrogens is 316 g/mol. The van der Waals surface area contributed by atoms with Gasteiger partial charge in [-0.15, -0.1) is 0 Å². The van der Waals surface area contributed by atoms with Crippen molar-refractivity contribution >= 4 is 22.8 Å². The summed E-state index contributed by atoms with van der Waals surface area (Å²) in [4.78, 5) is 22.9. The number of aromatic nitrogens is 3. The zero-order valence-corrected chi connectivity index (χ0v) is 14.1. The van der Waals surface area contributed by atoms with E-state index in [-0.39, 0.29) is 5.69 Å². The van der Waals surface area contributed by atoms with Crippen molar-refractivity contribution in [3.8, 4) is 0 Å². The lowest BCUT2D eigenvalue weighted by atomic mass is 10.1. The third-order valence-corrected chi connectivity index (χ3v) is 4.88. The molecule has 1 N–H and O–H groups in total. The Morgan fingerprint density at radius 2 is 1.96 bits per heavy atom. The molecule has 0 radical (unpaired) electrons. The molecule has 6 heteroatoms. The van der Waals surface area contributed by atoms with Crippen LogP contribution < -0.4 is 4.90 Å². The molecule has 2 aromatic heterocycles. The monoisotopic (exact) mass is 336 g/mol. The predicted molar refractivity (Wildman–Crippen MR) is 96.2 cm³/mol. The van der Waals surface area contributed by atoms with Gasteiger partial charge in [-0.25, -0.2) is 14.8 Å². The number of aromatic carboxylic acids is 1. The molecule has 0 spiro atoms. The Morgan fingerprint density at radius 3 is 2.68 bits per heavy atom. The maximum absolute atomic E-state index is 11.8. The van der Waals surface area contributed by atoms with Crippen molar-refractivity contribution < 1.29 is 9.90 Å². The van der Waals surface area contributed by atoms with Gasteiger partial charge in [-0.1, -0.05) is 24.3 Å². The Labute approximate surface area is 145 Å². The van der Waals surface area contributed by atoms with E-state index >= 15 is 0 Å². The highest BCUT2D eigenvalue weighted by Gasteiger charge is 2.22. The van der Waals surface area contributed by atoms with E-state index in [2.05, 4.69) is 14.9 Å². The number of nitrogens with zero attached hydrogens (tertiary/aromatic N) is 4. The molecule has 1 saturated heterocycles. The largest absolute Gasteiger partial charge is 0.477 e. The van der Waals surface area contributed by atoms with Gasteiger partial charge in [0.1, 0.15) is 23.5 Å². The molecule has 25 heavy (non-hydrogen) atoms. The zero-order chi connectivity index (χ0) is 17.4. The fraction of sp³-hybridized carbons (Fsp3) is 0.316. The molecule has 0 atom stereocenters. The van der Waals surface area contributed by atoms with Crippen molar-refractivity contribution in [1.82, 2.24) is 14.5 Å². The van der Waals surface area contributed by atoms with Crippen molar-refractivity contribution in [2.75, 3.05) is 18.0 Å². The molecule has 4 rings (SSSR count). The van der Waals surface area contributed by atoms with Crippen LogP contribution in [0.25, 0.3) is 11.0 Å². The number of carboxylic acid groups (broad SMARTS) is 1. The van der Waals surface area contributed by atoms with E-state index in [9.17, 15) is 9.90 Å². The zero-order valence-electron chi connectivity index (χ0n) is 14.1. The van der Waals surface area contributed by atoms with Crippen LogP contribution in [0.2, 0.25) is 0 Å². The molecule has 6 nitrogen and oxygen atoms in total. The van der Waals surface area contributed by atoms with Crippen LogP contribution in [0.4, 0.5) is 5.82 Å². The molecule has 1 aliphatic heterocycles.